The highest BCUT2D eigenvalue weighted by Gasteiger charge is 1.96. The molecule has 0 radical (unpaired) electrons. The predicted octanol–water partition coefficient (Wildman–Crippen LogP) is 1.30. The minimum absolute atomic E-state index is 0.904. The van der Waals surface area contributed by atoms with Crippen LogP contribution in [0.4, 0.5) is 0 Å². The summed E-state index contributed by atoms with van der Waals surface area (Å²) >= 11 is 0. The highest BCUT2D eigenvalue weighted by Crippen LogP contribution is 2.02. The van der Waals surface area contributed by atoms with E-state index in [0.717, 1.165) is 21.5 Å². The minimum Gasteiger partial charge on any atom is -0.342 e. The van der Waals surface area contributed by atoms with Gasteiger partial charge >= 0.3 is 0 Å². The molecule has 1 N–H and O–H groups in total. The Kier molecular flexibility index (Phi) is 1.68. The quantitative estimate of drug-likeness (QED) is 0.608. The molecule has 1 heteroatoms. The van der Waals surface area contributed by atoms with Gasteiger partial charge in [-0.05, 0) is 0 Å². The van der Waals surface area contributed by atoms with E-state index in [2.05, 4.69) is 29.6 Å². The van der Waals surface area contributed by atoms with E-state index in [1.54, 1.807) is 0 Å². The average Bonchev–Trinajstić information content (AvgIpc) is 2.56. The number of hydrogen-bond donors (Lipinski definition) is 1. The average molecular weight is 167 g/mol. The first-order chi connectivity index (χ1) is 6.36. The molecule has 0 atom stereocenters. The Morgan fingerprint density at radius 3 is 1.77 bits per heavy atom. The second kappa shape index (κ2) is 2.84. The van der Waals surface area contributed by atoms with Crippen LogP contribution in [0.2, 0.25) is 0 Å². The molecule has 0 amide bonds. The molecule has 0 saturated heterocycles. The van der Waals surface area contributed by atoms with Crippen molar-refractivity contribution in [3.63, 3.8) is 0 Å². The molecule has 0 aliphatic heterocycles. The Morgan fingerprint density at radius 2 is 1.38 bits per heavy atom. The van der Waals surface area contributed by atoms with Gasteiger partial charge in [-0.15, -0.1) is 11.5 Å². The number of aromatic nitrogens is 1. The van der Waals surface area contributed by atoms with Crippen LogP contribution in [0.5, 0.6) is 0 Å². The van der Waals surface area contributed by atoms with Crippen molar-refractivity contribution in [2.75, 3.05) is 0 Å². The fraction of sp³-hybridized carbons (Fsp3) is 0. The van der Waals surface area contributed by atoms with Gasteiger partial charge in [-0.2, -0.15) is 0 Å². The largest absolute Gasteiger partial charge is 0.342 e. The lowest BCUT2D eigenvalue weighted by atomic mass is 10.2. The summed E-state index contributed by atoms with van der Waals surface area (Å²) in [5.41, 5.74) is 5.70. The second-order valence-corrected chi connectivity index (χ2v) is 2.77. The second-order valence-electron chi connectivity index (χ2n) is 2.77. The molecular formula is C12H9N. The van der Waals surface area contributed by atoms with Crippen molar-refractivity contribution in [3.05, 3.63) is 48.1 Å². The molecule has 2 aromatic rings. The Hall–Kier alpha value is -1.94. The van der Waals surface area contributed by atoms with E-state index in [4.69, 9.17) is 0 Å². The summed E-state index contributed by atoms with van der Waals surface area (Å²) in [7, 11) is 0. The van der Waals surface area contributed by atoms with Crippen LogP contribution < -0.4 is 10.7 Å². The third-order valence-corrected chi connectivity index (χ3v) is 2.07. The summed E-state index contributed by atoms with van der Waals surface area (Å²) in [6, 6.07) is 8.04. The van der Waals surface area contributed by atoms with Crippen molar-refractivity contribution in [1.29, 1.82) is 0 Å². The first kappa shape index (κ1) is 7.70. The van der Waals surface area contributed by atoms with Crippen LogP contribution >= 0.6 is 0 Å². The van der Waals surface area contributed by atoms with E-state index in [0.29, 0.717) is 0 Å². The molecule has 1 aromatic carbocycles. The van der Waals surface area contributed by atoms with Gasteiger partial charge < -0.3 is 4.98 Å². The number of hydrogen-bond acceptors (Lipinski definition) is 0. The van der Waals surface area contributed by atoms with Gasteiger partial charge in [0.1, 0.15) is 0 Å². The number of nitrogens with one attached hydrogen (secondary N) is 1. The van der Waals surface area contributed by atoms with Gasteiger partial charge in [0.25, 0.3) is 0 Å². The molecule has 0 unspecified atom stereocenters. The molecule has 0 saturated carbocycles. The summed E-state index contributed by atoms with van der Waals surface area (Å²) < 4.78 is 0. The monoisotopic (exact) mass is 167 g/mol. The van der Waals surface area contributed by atoms with Crippen LogP contribution in [0.25, 0.3) is 22.2 Å². The maximum absolute atomic E-state index is 3.62. The zero-order valence-electron chi connectivity index (χ0n) is 7.22. The highest BCUT2D eigenvalue weighted by atomic mass is 14.7. The predicted molar refractivity (Wildman–Crippen MR) is 55.6 cm³/mol. The maximum atomic E-state index is 3.62. The van der Waals surface area contributed by atoms with Crippen molar-refractivity contribution in [2.45, 2.75) is 0 Å². The van der Waals surface area contributed by atoms with Crippen LogP contribution in [0, 0.1) is 0 Å². The van der Waals surface area contributed by atoms with E-state index in [1.807, 2.05) is 24.3 Å². The van der Waals surface area contributed by atoms with E-state index in [9.17, 15) is 0 Å². The van der Waals surface area contributed by atoms with E-state index in [1.165, 1.54) is 0 Å². The van der Waals surface area contributed by atoms with E-state index >= 15 is 0 Å². The molecular weight excluding hydrogens is 158 g/mol. The number of rotatable bonds is 0. The highest BCUT2D eigenvalue weighted by molar-refractivity contribution is 5.83. The molecule has 0 spiro atoms. The minimum atomic E-state index is 0.904. The normalized spacial score (nSPS) is 9.54. The third-order valence-electron chi connectivity index (χ3n) is 2.07. The van der Waals surface area contributed by atoms with Crippen LogP contribution in [-0.2, 0) is 0 Å². The van der Waals surface area contributed by atoms with Crippen LogP contribution in [0.1, 0.15) is 0 Å². The standard InChI is InChI=1S/C12H9N/c1-3-11-9-7-5-6-8-10(9)12(4-2)13-11/h5-8,13H,1-2H2. The van der Waals surface area contributed by atoms with Gasteiger partial charge in [0, 0.05) is 10.8 Å². The number of aromatic amines is 1. The number of benzene rings is 1. The molecule has 13 heavy (non-hydrogen) atoms. The van der Waals surface area contributed by atoms with Gasteiger partial charge in [-0.1, -0.05) is 37.4 Å². The summed E-state index contributed by atoms with van der Waals surface area (Å²) in [5.74, 6) is 0. The topological polar surface area (TPSA) is 15.8 Å². The van der Waals surface area contributed by atoms with Gasteiger partial charge in [0.05, 0.1) is 10.7 Å². The van der Waals surface area contributed by atoms with Crippen molar-refractivity contribution in [3.8, 4) is 0 Å². The SMILES string of the molecule is C=C=c1[nH]c(=C=C)c2ccccc12. The van der Waals surface area contributed by atoms with E-state index < -0.39 is 0 Å². The molecule has 2 rings (SSSR count). The summed E-state index contributed by atoms with van der Waals surface area (Å²) in [5, 5.41) is 4.04. The Bertz CT molecular complexity index is 552. The smallest absolute Gasteiger partial charge is 0.0897 e. The molecule has 0 bridgehead atoms. The number of fused-ring (bicyclic) bond motifs is 1. The third kappa shape index (κ3) is 1.04. The Balaban J connectivity index is 3.28. The van der Waals surface area contributed by atoms with Crippen LogP contribution in [0.3, 0.4) is 0 Å². The lowest BCUT2D eigenvalue weighted by Gasteiger charge is -1.83. The van der Waals surface area contributed by atoms with Crippen molar-refractivity contribution < 1.29 is 0 Å². The maximum Gasteiger partial charge on any atom is 0.0897 e. The Labute approximate surface area is 76.0 Å². The summed E-state index contributed by atoms with van der Waals surface area (Å²) in [4.78, 5) is 3.14. The van der Waals surface area contributed by atoms with Crippen molar-refractivity contribution in [1.82, 2.24) is 4.98 Å². The van der Waals surface area contributed by atoms with Crippen LogP contribution in [-0.4, -0.2) is 4.98 Å². The molecule has 0 aliphatic carbocycles. The fourth-order valence-corrected chi connectivity index (χ4v) is 1.46. The summed E-state index contributed by atoms with van der Waals surface area (Å²) in [6.45, 7) is 7.25. The van der Waals surface area contributed by atoms with Gasteiger partial charge in [-0.3, -0.25) is 0 Å². The van der Waals surface area contributed by atoms with Crippen molar-refractivity contribution in [2.24, 2.45) is 0 Å². The van der Waals surface area contributed by atoms with Crippen LogP contribution in [0.15, 0.2) is 37.4 Å². The lowest BCUT2D eigenvalue weighted by Crippen LogP contribution is -2.06. The van der Waals surface area contributed by atoms with Crippen molar-refractivity contribution >= 4 is 22.2 Å². The zero-order chi connectivity index (χ0) is 9.26. The van der Waals surface area contributed by atoms with Gasteiger partial charge in [0.15, 0.2) is 0 Å². The molecule has 0 fully saturated rings. The Morgan fingerprint density at radius 1 is 0.923 bits per heavy atom. The molecule has 1 aromatic heterocycles. The molecule has 1 heterocycles. The van der Waals surface area contributed by atoms with E-state index in [-0.39, 0.29) is 0 Å². The first-order valence-corrected chi connectivity index (χ1v) is 4.03. The lowest BCUT2D eigenvalue weighted by molar-refractivity contribution is 1.30. The first-order valence-electron chi connectivity index (χ1n) is 4.03. The zero-order valence-corrected chi connectivity index (χ0v) is 7.22. The van der Waals surface area contributed by atoms with Gasteiger partial charge in [0.2, 0.25) is 0 Å². The van der Waals surface area contributed by atoms with Gasteiger partial charge in [-0.25, -0.2) is 0 Å². The molecule has 0 aliphatic rings. The fourth-order valence-electron chi connectivity index (χ4n) is 1.46. The molecule has 62 valence electrons. The summed E-state index contributed by atoms with van der Waals surface area (Å²) in [6.07, 6.45) is 0. The number of H-pyrrole nitrogens is 1. The molecule has 1 nitrogen and oxygen atoms in total.